The zero-order chi connectivity index (χ0) is 17.6. The van der Waals surface area contributed by atoms with Gasteiger partial charge in [-0.15, -0.1) is 0 Å². The van der Waals surface area contributed by atoms with Crippen molar-refractivity contribution in [3.63, 3.8) is 0 Å². The van der Waals surface area contributed by atoms with Gasteiger partial charge in [0.15, 0.2) is 0 Å². The second-order valence-electron chi connectivity index (χ2n) is 7.83. The summed E-state index contributed by atoms with van der Waals surface area (Å²) < 4.78 is 6.57. The van der Waals surface area contributed by atoms with Gasteiger partial charge in [-0.2, -0.15) is 0 Å². The van der Waals surface area contributed by atoms with Gasteiger partial charge in [0.25, 0.3) is 0 Å². The van der Waals surface area contributed by atoms with Crippen molar-refractivity contribution in [3.05, 3.63) is 33.4 Å². The standard InChI is InChI=1S/C19H25BrN2O2/c1-11(2)16-14-8-13-10-22(18(23)24-19(3,4)5)7-6-12(13)9-15(14)21-17(16)20/h8-9,11,21H,6-7,10H2,1-5H3. The predicted octanol–water partition coefficient (Wildman–Crippen LogP) is 5.35. The summed E-state index contributed by atoms with van der Waals surface area (Å²) in [5, 5.41) is 1.24. The van der Waals surface area contributed by atoms with Crippen LogP contribution < -0.4 is 0 Å². The first kappa shape index (κ1) is 17.3. The molecule has 0 atom stereocenters. The van der Waals surface area contributed by atoms with Crippen molar-refractivity contribution >= 4 is 32.9 Å². The molecule has 24 heavy (non-hydrogen) atoms. The molecule has 0 saturated carbocycles. The van der Waals surface area contributed by atoms with E-state index < -0.39 is 5.60 Å². The summed E-state index contributed by atoms with van der Waals surface area (Å²) in [4.78, 5) is 17.6. The SMILES string of the molecule is CC(C)c1c(Br)[nH]c2cc3c(cc12)CN(C(=O)OC(C)(C)C)CC3. The lowest BCUT2D eigenvalue weighted by atomic mass is 9.95. The van der Waals surface area contributed by atoms with Crippen molar-refractivity contribution in [3.8, 4) is 0 Å². The summed E-state index contributed by atoms with van der Waals surface area (Å²) in [6.45, 7) is 11.4. The Balaban J connectivity index is 1.93. The fourth-order valence-corrected chi connectivity index (χ4v) is 4.17. The third kappa shape index (κ3) is 3.32. The summed E-state index contributed by atoms with van der Waals surface area (Å²) in [6, 6.07) is 4.46. The molecule has 2 heterocycles. The molecule has 1 aromatic heterocycles. The first-order valence-corrected chi connectivity index (χ1v) is 9.26. The summed E-state index contributed by atoms with van der Waals surface area (Å²) in [5.74, 6) is 0.428. The van der Waals surface area contributed by atoms with E-state index in [1.807, 2.05) is 20.8 Å². The van der Waals surface area contributed by atoms with Gasteiger partial charge in [-0.25, -0.2) is 4.79 Å². The smallest absolute Gasteiger partial charge is 0.410 e. The molecule has 1 amide bonds. The third-order valence-electron chi connectivity index (χ3n) is 4.35. The number of ether oxygens (including phenoxy) is 1. The fraction of sp³-hybridized carbons (Fsp3) is 0.526. The number of nitrogens with zero attached hydrogens (tertiary/aromatic N) is 1. The lowest BCUT2D eigenvalue weighted by Crippen LogP contribution is -2.39. The van der Waals surface area contributed by atoms with Gasteiger partial charge in [-0.05, 0) is 77.9 Å². The van der Waals surface area contributed by atoms with E-state index >= 15 is 0 Å². The van der Waals surface area contributed by atoms with E-state index in [2.05, 4.69) is 46.9 Å². The highest BCUT2D eigenvalue weighted by atomic mass is 79.9. The molecule has 0 fully saturated rings. The minimum absolute atomic E-state index is 0.229. The van der Waals surface area contributed by atoms with Gasteiger partial charge in [0, 0.05) is 24.0 Å². The highest BCUT2D eigenvalue weighted by molar-refractivity contribution is 9.10. The third-order valence-corrected chi connectivity index (χ3v) is 4.98. The van der Waals surface area contributed by atoms with Crippen LogP contribution in [0.4, 0.5) is 4.79 Å². The van der Waals surface area contributed by atoms with Crippen LogP contribution in [0.5, 0.6) is 0 Å². The zero-order valence-electron chi connectivity index (χ0n) is 15.0. The Kier molecular flexibility index (Phi) is 4.41. The fourth-order valence-electron chi connectivity index (χ4n) is 3.29. The number of nitrogens with one attached hydrogen (secondary N) is 1. The van der Waals surface area contributed by atoms with E-state index in [0.29, 0.717) is 19.0 Å². The van der Waals surface area contributed by atoms with Crippen molar-refractivity contribution in [1.29, 1.82) is 0 Å². The van der Waals surface area contributed by atoms with Crippen LogP contribution in [0.3, 0.4) is 0 Å². The topological polar surface area (TPSA) is 45.3 Å². The van der Waals surface area contributed by atoms with Crippen LogP contribution in [-0.4, -0.2) is 28.1 Å². The maximum absolute atomic E-state index is 12.4. The van der Waals surface area contributed by atoms with E-state index in [-0.39, 0.29) is 6.09 Å². The molecular formula is C19H25BrN2O2. The van der Waals surface area contributed by atoms with Crippen LogP contribution in [-0.2, 0) is 17.7 Å². The molecule has 0 saturated heterocycles. The molecule has 1 aliphatic rings. The Labute approximate surface area is 151 Å². The van der Waals surface area contributed by atoms with Crippen LogP contribution in [0.25, 0.3) is 10.9 Å². The molecule has 0 aliphatic carbocycles. The van der Waals surface area contributed by atoms with Gasteiger partial charge in [0.1, 0.15) is 5.60 Å². The number of benzene rings is 1. The minimum atomic E-state index is -0.461. The molecule has 5 heteroatoms. The first-order valence-electron chi connectivity index (χ1n) is 8.46. The number of H-pyrrole nitrogens is 1. The predicted molar refractivity (Wildman–Crippen MR) is 100 cm³/mol. The van der Waals surface area contributed by atoms with Crippen molar-refractivity contribution in [2.45, 2.75) is 59.1 Å². The maximum Gasteiger partial charge on any atom is 0.410 e. The number of carbonyl (C=O) groups is 1. The van der Waals surface area contributed by atoms with E-state index in [0.717, 1.165) is 16.5 Å². The van der Waals surface area contributed by atoms with E-state index in [9.17, 15) is 4.79 Å². The highest BCUT2D eigenvalue weighted by Gasteiger charge is 2.26. The molecule has 0 unspecified atom stereocenters. The summed E-state index contributed by atoms with van der Waals surface area (Å²) >= 11 is 3.65. The number of aromatic amines is 1. The van der Waals surface area contributed by atoms with Crippen LogP contribution in [0.2, 0.25) is 0 Å². The van der Waals surface area contributed by atoms with Gasteiger partial charge in [-0.1, -0.05) is 13.8 Å². The number of rotatable bonds is 1. The molecule has 0 bridgehead atoms. The monoisotopic (exact) mass is 392 g/mol. The molecule has 0 radical (unpaired) electrons. The number of carbonyl (C=O) groups excluding carboxylic acids is 1. The molecule has 0 spiro atoms. The molecule has 4 nitrogen and oxygen atoms in total. The molecule has 1 aliphatic heterocycles. The number of halogens is 1. The van der Waals surface area contributed by atoms with Gasteiger partial charge in [0.05, 0.1) is 4.60 Å². The van der Waals surface area contributed by atoms with Crippen molar-refractivity contribution < 1.29 is 9.53 Å². The molecule has 3 rings (SSSR count). The Morgan fingerprint density at radius 1 is 1.29 bits per heavy atom. The van der Waals surface area contributed by atoms with E-state index in [1.54, 1.807) is 4.90 Å². The van der Waals surface area contributed by atoms with Gasteiger partial charge < -0.3 is 14.6 Å². The largest absolute Gasteiger partial charge is 0.444 e. The zero-order valence-corrected chi connectivity index (χ0v) is 16.6. The van der Waals surface area contributed by atoms with Crippen LogP contribution >= 0.6 is 15.9 Å². The van der Waals surface area contributed by atoms with Gasteiger partial charge >= 0.3 is 6.09 Å². The summed E-state index contributed by atoms with van der Waals surface area (Å²) in [6.07, 6.45) is 0.630. The lowest BCUT2D eigenvalue weighted by Gasteiger charge is -2.31. The second-order valence-corrected chi connectivity index (χ2v) is 8.62. The number of fused-ring (bicyclic) bond motifs is 2. The maximum atomic E-state index is 12.4. The van der Waals surface area contributed by atoms with Gasteiger partial charge in [-0.3, -0.25) is 0 Å². The number of amides is 1. The molecule has 130 valence electrons. The minimum Gasteiger partial charge on any atom is -0.444 e. The average molecular weight is 393 g/mol. The van der Waals surface area contributed by atoms with Crippen molar-refractivity contribution in [2.75, 3.05) is 6.54 Å². The van der Waals surface area contributed by atoms with Crippen LogP contribution in [0.15, 0.2) is 16.7 Å². The van der Waals surface area contributed by atoms with Gasteiger partial charge in [0.2, 0.25) is 0 Å². The summed E-state index contributed by atoms with van der Waals surface area (Å²) in [5.41, 5.74) is 4.52. The van der Waals surface area contributed by atoms with Crippen LogP contribution in [0, 0.1) is 0 Å². The molecule has 1 aromatic carbocycles. The number of hydrogen-bond donors (Lipinski definition) is 1. The van der Waals surface area contributed by atoms with E-state index in [4.69, 9.17) is 4.74 Å². The first-order chi connectivity index (χ1) is 11.2. The molecule has 1 N–H and O–H groups in total. The lowest BCUT2D eigenvalue weighted by molar-refractivity contribution is 0.0224. The number of aromatic nitrogens is 1. The number of hydrogen-bond acceptors (Lipinski definition) is 2. The quantitative estimate of drug-likeness (QED) is 0.710. The Bertz CT molecular complexity index is 787. The van der Waals surface area contributed by atoms with Crippen molar-refractivity contribution in [1.82, 2.24) is 9.88 Å². The Hall–Kier alpha value is -1.49. The normalized spacial score (nSPS) is 15.0. The van der Waals surface area contributed by atoms with Crippen LogP contribution in [0.1, 0.15) is 57.2 Å². The van der Waals surface area contributed by atoms with Crippen molar-refractivity contribution in [2.24, 2.45) is 0 Å². The summed E-state index contributed by atoms with van der Waals surface area (Å²) in [7, 11) is 0. The Morgan fingerprint density at radius 3 is 2.62 bits per heavy atom. The second kappa shape index (κ2) is 6.10. The Morgan fingerprint density at radius 2 is 2.00 bits per heavy atom. The van der Waals surface area contributed by atoms with E-state index in [1.165, 1.54) is 22.1 Å². The molecule has 2 aromatic rings. The molecular weight excluding hydrogens is 368 g/mol. The highest BCUT2D eigenvalue weighted by Crippen LogP contribution is 2.35. The average Bonchev–Trinajstić information content (AvgIpc) is 2.77.